The third kappa shape index (κ3) is 5.19. The Bertz CT molecular complexity index is 770. The third-order valence-corrected chi connectivity index (χ3v) is 5.79. The van der Waals surface area contributed by atoms with Crippen molar-refractivity contribution in [3.8, 4) is 0 Å². The number of benzene rings is 1. The van der Waals surface area contributed by atoms with Crippen LogP contribution in [0.4, 0.5) is 0 Å². The van der Waals surface area contributed by atoms with Gasteiger partial charge in [-0.2, -0.15) is 5.10 Å². The molecule has 0 atom stereocenters. The van der Waals surface area contributed by atoms with E-state index in [-0.39, 0.29) is 5.91 Å². The topological polar surface area (TPSA) is 50.2 Å². The summed E-state index contributed by atoms with van der Waals surface area (Å²) in [6, 6.07) is 8.63. The molecule has 0 unspecified atom stereocenters. The van der Waals surface area contributed by atoms with Crippen LogP contribution in [0.5, 0.6) is 0 Å². The second kappa shape index (κ2) is 8.70. The van der Waals surface area contributed by atoms with E-state index in [1.165, 1.54) is 31.5 Å². The van der Waals surface area contributed by atoms with Gasteiger partial charge in [-0.05, 0) is 56.8 Å². The molecule has 3 rings (SSSR count). The van der Waals surface area contributed by atoms with Crippen LogP contribution in [-0.2, 0) is 31.4 Å². The zero-order valence-corrected chi connectivity index (χ0v) is 17.1. The monoisotopic (exact) mass is 368 g/mol. The number of aryl methyl sites for hydroxylation is 2. The first-order valence-corrected chi connectivity index (χ1v) is 9.98. The highest BCUT2D eigenvalue weighted by Crippen LogP contribution is 2.18. The van der Waals surface area contributed by atoms with Gasteiger partial charge in [-0.3, -0.25) is 14.4 Å². The van der Waals surface area contributed by atoms with Crippen molar-refractivity contribution in [2.24, 2.45) is 13.0 Å². The number of hydrogen-bond donors (Lipinski definition) is 1. The SMILES string of the molecule is Cc1nn(C)c(C)c1CC(=O)NCc1ccc(CN2CCC(C)CC2)cc1. The minimum absolute atomic E-state index is 0.0423. The smallest absolute Gasteiger partial charge is 0.224 e. The number of likely N-dealkylation sites (tertiary alicyclic amines) is 1. The molecular weight excluding hydrogens is 336 g/mol. The van der Waals surface area contributed by atoms with Crippen LogP contribution in [-0.4, -0.2) is 33.7 Å². The van der Waals surface area contributed by atoms with Crippen molar-refractivity contribution in [3.63, 3.8) is 0 Å². The van der Waals surface area contributed by atoms with Gasteiger partial charge in [0, 0.05) is 31.4 Å². The molecule has 1 aliphatic rings. The summed E-state index contributed by atoms with van der Waals surface area (Å²) in [5.41, 5.74) is 5.50. The fraction of sp³-hybridized carbons (Fsp3) is 0.545. The van der Waals surface area contributed by atoms with Gasteiger partial charge in [0.2, 0.25) is 5.91 Å². The summed E-state index contributed by atoms with van der Waals surface area (Å²) in [6.45, 7) is 10.3. The van der Waals surface area contributed by atoms with Crippen molar-refractivity contribution >= 4 is 5.91 Å². The maximum atomic E-state index is 12.3. The fourth-order valence-corrected chi connectivity index (χ4v) is 3.74. The second-order valence-electron chi connectivity index (χ2n) is 8.00. The summed E-state index contributed by atoms with van der Waals surface area (Å²) < 4.78 is 1.83. The number of aromatic nitrogens is 2. The molecule has 0 radical (unpaired) electrons. The lowest BCUT2D eigenvalue weighted by atomic mass is 9.99. The van der Waals surface area contributed by atoms with Crippen molar-refractivity contribution in [1.82, 2.24) is 20.0 Å². The van der Waals surface area contributed by atoms with Gasteiger partial charge in [-0.15, -0.1) is 0 Å². The van der Waals surface area contributed by atoms with Crippen molar-refractivity contribution < 1.29 is 4.79 Å². The van der Waals surface area contributed by atoms with Crippen LogP contribution < -0.4 is 5.32 Å². The van der Waals surface area contributed by atoms with Crippen LogP contribution in [0.2, 0.25) is 0 Å². The molecule has 1 amide bonds. The van der Waals surface area contributed by atoms with Crippen molar-refractivity contribution in [2.45, 2.75) is 53.1 Å². The standard InChI is InChI=1S/C22H32N4O/c1-16-9-11-26(12-10-16)15-20-7-5-19(6-8-20)14-23-22(27)13-21-17(2)24-25(4)18(21)3/h5-8,16H,9-15H2,1-4H3,(H,23,27). The average Bonchev–Trinajstić information content (AvgIpc) is 2.89. The zero-order chi connectivity index (χ0) is 19.4. The van der Waals surface area contributed by atoms with E-state index in [1.807, 2.05) is 25.6 Å². The molecule has 0 saturated carbocycles. The normalized spacial score (nSPS) is 15.9. The third-order valence-electron chi connectivity index (χ3n) is 5.79. The molecule has 2 heterocycles. The molecule has 27 heavy (non-hydrogen) atoms. The van der Waals surface area contributed by atoms with Gasteiger partial charge < -0.3 is 5.32 Å². The first kappa shape index (κ1) is 19.6. The Balaban J connectivity index is 1.47. The van der Waals surface area contributed by atoms with Crippen LogP contribution in [0.3, 0.4) is 0 Å². The van der Waals surface area contributed by atoms with E-state index in [9.17, 15) is 4.79 Å². The van der Waals surface area contributed by atoms with Crippen molar-refractivity contribution in [2.75, 3.05) is 13.1 Å². The van der Waals surface area contributed by atoms with Crippen LogP contribution in [0.25, 0.3) is 0 Å². The molecule has 1 aromatic carbocycles. The van der Waals surface area contributed by atoms with Crippen LogP contribution in [0, 0.1) is 19.8 Å². The van der Waals surface area contributed by atoms with Crippen LogP contribution in [0.15, 0.2) is 24.3 Å². The number of carbonyl (C=O) groups excluding carboxylic acids is 1. The highest BCUT2D eigenvalue weighted by atomic mass is 16.1. The molecule has 0 spiro atoms. The zero-order valence-electron chi connectivity index (χ0n) is 17.1. The molecule has 1 fully saturated rings. The van der Waals surface area contributed by atoms with Gasteiger partial charge in [0.1, 0.15) is 0 Å². The van der Waals surface area contributed by atoms with Crippen molar-refractivity contribution in [1.29, 1.82) is 0 Å². The molecular formula is C22H32N4O. The quantitative estimate of drug-likeness (QED) is 0.852. The van der Waals surface area contributed by atoms with Crippen LogP contribution in [0.1, 0.15) is 47.8 Å². The molecule has 0 bridgehead atoms. The van der Waals surface area contributed by atoms with E-state index in [0.717, 1.165) is 35.0 Å². The number of amides is 1. The Hall–Kier alpha value is -2.14. The Morgan fingerprint density at radius 2 is 1.78 bits per heavy atom. The fourth-order valence-electron chi connectivity index (χ4n) is 3.74. The van der Waals surface area contributed by atoms with Gasteiger partial charge in [-0.1, -0.05) is 31.2 Å². The Kier molecular flexibility index (Phi) is 6.32. The Morgan fingerprint density at radius 1 is 1.15 bits per heavy atom. The summed E-state index contributed by atoms with van der Waals surface area (Å²) in [7, 11) is 1.91. The Morgan fingerprint density at radius 3 is 2.37 bits per heavy atom. The number of rotatable bonds is 6. The summed E-state index contributed by atoms with van der Waals surface area (Å²) in [5, 5.41) is 7.41. The highest BCUT2D eigenvalue weighted by Gasteiger charge is 2.16. The Labute approximate surface area is 162 Å². The van der Waals surface area contributed by atoms with E-state index in [2.05, 4.69) is 46.5 Å². The lowest BCUT2D eigenvalue weighted by molar-refractivity contribution is -0.120. The van der Waals surface area contributed by atoms with Crippen LogP contribution >= 0.6 is 0 Å². The van der Waals surface area contributed by atoms with E-state index < -0.39 is 0 Å². The molecule has 5 nitrogen and oxygen atoms in total. The lowest BCUT2D eigenvalue weighted by Crippen LogP contribution is -2.32. The maximum absolute atomic E-state index is 12.3. The lowest BCUT2D eigenvalue weighted by Gasteiger charge is -2.30. The van der Waals surface area contributed by atoms with E-state index in [0.29, 0.717) is 13.0 Å². The van der Waals surface area contributed by atoms with E-state index >= 15 is 0 Å². The number of piperidine rings is 1. The predicted octanol–water partition coefficient (Wildman–Crippen LogP) is 3.13. The molecule has 146 valence electrons. The summed E-state index contributed by atoms with van der Waals surface area (Å²) >= 11 is 0. The summed E-state index contributed by atoms with van der Waals surface area (Å²) in [4.78, 5) is 14.8. The molecule has 1 aromatic heterocycles. The van der Waals surface area contributed by atoms with E-state index in [4.69, 9.17) is 0 Å². The molecule has 1 N–H and O–H groups in total. The minimum atomic E-state index is 0.0423. The van der Waals surface area contributed by atoms with Gasteiger partial charge in [0.15, 0.2) is 0 Å². The molecule has 2 aromatic rings. The first-order valence-electron chi connectivity index (χ1n) is 9.98. The molecule has 0 aliphatic carbocycles. The predicted molar refractivity (Wildman–Crippen MR) is 108 cm³/mol. The number of carbonyl (C=O) groups is 1. The molecule has 1 saturated heterocycles. The molecule has 5 heteroatoms. The minimum Gasteiger partial charge on any atom is -0.352 e. The van der Waals surface area contributed by atoms with Gasteiger partial charge in [0.25, 0.3) is 0 Å². The number of nitrogens with zero attached hydrogens (tertiary/aromatic N) is 3. The van der Waals surface area contributed by atoms with Gasteiger partial charge in [-0.25, -0.2) is 0 Å². The maximum Gasteiger partial charge on any atom is 0.224 e. The average molecular weight is 369 g/mol. The van der Waals surface area contributed by atoms with Crippen molar-refractivity contribution in [3.05, 3.63) is 52.3 Å². The first-order chi connectivity index (χ1) is 12.9. The summed E-state index contributed by atoms with van der Waals surface area (Å²) in [6.07, 6.45) is 3.00. The van der Waals surface area contributed by atoms with Gasteiger partial charge in [0.05, 0.1) is 12.1 Å². The van der Waals surface area contributed by atoms with E-state index in [1.54, 1.807) is 0 Å². The number of hydrogen-bond acceptors (Lipinski definition) is 3. The highest BCUT2D eigenvalue weighted by molar-refractivity contribution is 5.79. The largest absolute Gasteiger partial charge is 0.352 e. The summed E-state index contributed by atoms with van der Waals surface area (Å²) in [5.74, 6) is 0.909. The number of nitrogens with one attached hydrogen (secondary N) is 1. The second-order valence-corrected chi connectivity index (χ2v) is 8.00. The van der Waals surface area contributed by atoms with Gasteiger partial charge >= 0.3 is 0 Å². The molecule has 1 aliphatic heterocycles.